The predicted octanol–water partition coefficient (Wildman–Crippen LogP) is 3.99. The van der Waals surface area contributed by atoms with Gasteiger partial charge < -0.3 is 0 Å². The van der Waals surface area contributed by atoms with Gasteiger partial charge in [0.25, 0.3) is 0 Å². The van der Waals surface area contributed by atoms with Gasteiger partial charge in [0, 0.05) is 5.56 Å². The molecule has 0 atom stereocenters. The smallest absolute Gasteiger partial charge is 0.218 e. The first kappa shape index (κ1) is 14.0. The van der Waals surface area contributed by atoms with Crippen molar-refractivity contribution in [1.82, 2.24) is 14.8 Å². The molecular formula is C10H5Br2Cl2N3O. The highest BCUT2D eigenvalue weighted by atomic mass is 79.9. The standard InChI is InChI=1S/C10H5Br2Cl2N3O/c11-9-15-10(12)17(16-9)4-8(18)5-1-2-6(13)7(14)3-5/h1-3H,4H2. The first-order valence-corrected chi connectivity index (χ1v) is 7.05. The molecule has 8 heteroatoms. The van der Waals surface area contributed by atoms with Crippen molar-refractivity contribution >= 4 is 60.8 Å². The Hall–Kier alpha value is -0.430. The van der Waals surface area contributed by atoms with Gasteiger partial charge in [0.2, 0.25) is 4.73 Å². The molecule has 0 aliphatic carbocycles. The van der Waals surface area contributed by atoms with Crippen LogP contribution in [0.3, 0.4) is 0 Å². The van der Waals surface area contributed by atoms with Crippen molar-refractivity contribution in [3.8, 4) is 0 Å². The summed E-state index contributed by atoms with van der Waals surface area (Å²) >= 11 is 18.0. The molecule has 0 saturated carbocycles. The summed E-state index contributed by atoms with van der Waals surface area (Å²) in [6.07, 6.45) is 0. The van der Waals surface area contributed by atoms with Crippen molar-refractivity contribution in [3.63, 3.8) is 0 Å². The number of aromatic nitrogens is 3. The van der Waals surface area contributed by atoms with Crippen molar-refractivity contribution in [1.29, 1.82) is 0 Å². The topological polar surface area (TPSA) is 47.8 Å². The molecule has 0 N–H and O–H groups in total. The zero-order valence-corrected chi connectivity index (χ0v) is 13.4. The lowest BCUT2D eigenvalue weighted by Gasteiger charge is -2.03. The van der Waals surface area contributed by atoms with E-state index in [1.54, 1.807) is 12.1 Å². The van der Waals surface area contributed by atoms with Gasteiger partial charge in [0.1, 0.15) is 6.54 Å². The minimum atomic E-state index is -0.133. The molecule has 1 aromatic heterocycles. The summed E-state index contributed by atoms with van der Waals surface area (Å²) in [4.78, 5) is 16.0. The Morgan fingerprint density at radius 3 is 2.56 bits per heavy atom. The van der Waals surface area contributed by atoms with E-state index in [-0.39, 0.29) is 12.3 Å². The van der Waals surface area contributed by atoms with E-state index in [1.165, 1.54) is 10.7 Å². The van der Waals surface area contributed by atoms with Gasteiger partial charge >= 0.3 is 0 Å². The molecule has 0 unspecified atom stereocenters. The van der Waals surface area contributed by atoms with Crippen molar-refractivity contribution in [2.24, 2.45) is 0 Å². The molecule has 94 valence electrons. The maximum Gasteiger partial charge on any atom is 0.218 e. The number of carbonyl (C=O) groups is 1. The van der Waals surface area contributed by atoms with E-state index < -0.39 is 0 Å². The fourth-order valence-electron chi connectivity index (χ4n) is 1.29. The van der Waals surface area contributed by atoms with Crippen LogP contribution < -0.4 is 0 Å². The number of benzene rings is 1. The van der Waals surface area contributed by atoms with Gasteiger partial charge in [0.15, 0.2) is 10.5 Å². The second-order valence-corrected chi connectivity index (χ2v) is 5.59. The molecule has 2 rings (SSSR count). The van der Waals surface area contributed by atoms with Crippen LogP contribution >= 0.6 is 55.1 Å². The average molecular weight is 414 g/mol. The Bertz CT molecular complexity index is 615. The molecule has 2 aromatic rings. The highest BCUT2D eigenvalue weighted by Crippen LogP contribution is 2.23. The third-order valence-electron chi connectivity index (χ3n) is 2.14. The first-order valence-electron chi connectivity index (χ1n) is 4.71. The molecule has 0 amide bonds. The van der Waals surface area contributed by atoms with Crippen LogP contribution in [0.25, 0.3) is 0 Å². The Kier molecular flexibility index (Phi) is 4.42. The summed E-state index contributed by atoms with van der Waals surface area (Å²) in [5, 5.41) is 4.77. The molecule has 0 radical (unpaired) electrons. The lowest BCUT2D eigenvalue weighted by molar-refractivity contribution is 0.0966. The fraction of sp³-hybridized carbons (Fsp3) is 0.100. The molecule has 4 nitrogen and oxygen atoms in total. The van der Waals surface area contributed by atoms with Gasteiger partial charge in [-0.15, -0.1) is 5.10 Å². The van der Waals surface area contributed by atoms with E-state index in [2.05, 4.69) is 41.9 Å². The number of halogens is 4. The summed E-state index contributed by atoms with van der Waals surface area (Å²) in [7, 11) is 0. The van der Waals surface area contributed by atoms with E-state index >= 15 is 0 Å². The molecule has 18 heavy (non-hydrogen) atoms. The van der Waals surface area contributed by atoms with E-state index in [1.807, 2.05) is 0 Å². The lowest BCUT2D eigenvalue weighted by atomic mass is 10.1. The van der Waals surface area contributed by atoms with Crippen molar-refractivity contribution in [3.05, 3.63) is 43.3 Å². The summed E-state index contributed by atoms with van der Waals surface area (Å²) in [5.41, 5.74) is 0.475. The van der Waals surface area contributed by atoms with Crippen molar-refractivity contribution in [2.45, 2.75) is 6.54 Å². The van der Waals surface area contributed by atoms with Gasteiger partial charge in [-0.1, -0.05) is 23.2 Å². The van der Waals surface area contributed by atoms with E-state index in [9.17, 15) is 4.79 Å². The van der Waals surface area contributed by atoms with Crippen LogP contribution in [0.15, 0.2) is 27.7 Å². The van der Waals surface area contributed by atoms with Gasteiger partial charge in [0.05, 0.1) is 10.0 Å². The monoisotopic (exact) mass is 411 g/mol. The molecule has 0 bridgehead atoms. The number of ketones is 1. The molecule has 0 spiro atoms. The van der Waals surface area contributed by atoms with Crippen LogP contribution in [-0.4, -0.2) is 20.5 Å². The van der Waals surface area contributed by atoms with Crippen LogP contribution in [0.5, 0.6) is 0 Å². The lowest BCUT2D eigenvalue weighted by Crippen LogP contribution is -2.12. The Balaban J connectivity index is 2.22. The maximum atomic E-state index is 12.0. The average Bonchev–Trinajstić information content (AvgIpc) is 2.61. The molecule has 0 aliphatic heterocycles. The third kappa shape index (κ3) is 3.12. The van der Waals surface area contributed by atoms with E-state index in [0.29, 0.717) is 25.1 Å². The zero-order chi connectivity index (χ0) is 13.3. The van der Waals surface area contributed by atoms with Crippen LogP contribution in [-0.2, 0) is 6.54 Å². The Morgan fingerprint density at radius 1 is 1.28 bits per heavy atom. The summed E-state index contributed by atoms with van der Waals surface area (Å²) in [5.74, 6) is -0.133. The fourth-order valence-corrected chi connectivity index (χ4v) is 2.56. The summed E-state index contributed by atoms with van der Waals surface area (Å²) < 4.78 is 2.33. The van der Waals surface area contributed by atoms with Crippen molar-refractivity contribution in [2.75, 3.05) is 0 Å². The SMILES string of the molecule is O=C(Cn1nc(Br)nc1Br)c1ccc(Cl)c(Cl)c1. The first-order chi connectivity index (χ1) is 8.47. The number of hydrogen-bond acceptors (Lipinski definition) is 3. The van der Waals surface area contributed by atoms with Gasteiger partial charge in [-0.3, -0.25) is 4.79 Å². The maximum absolute atomic E-state index is 12.0. The molecule has 1 aromatic carbocycles. The normalized spacial score (nSPS) is 10.7. The second-order valence-electron chi connectivity index (χ2n) is 3.36. The second kappa shape index (κ2) is 5.69. The molecule has 0 saturated heterocycles. The third-order valence-corrected chi connectivity index (χ3v) is 3.80. The van der Waals surface area contributed by atoms with E-state index in [4.69, 9.17) is 23.2 Å². The van der Waals surface area contributed by atoms with Crippen LogP contribution in [0.4, 0.5) is 0 Å². The van der Waals surface area contributed by atoms with Gasteiger partial charge in [-0.05, 0) is 50.1 Å². The van der Waals surface area contributed by atoms with Crippen LogP contribution in [0.1, 0.15) is 10.4 Å². The van der Waals surface area contributed by atoms with Crippen molar-refractivity contribution < 1.29 is 4.79 Å². The number of Topliss-reactive ketones (excluding diaryl/α,β-unsaturated/α-hetero) is 1. The van der Waals surface area contributed by atoms with E-state index in [0.717, 1.165) is 0 Å². The highest BCUT2D eigenvalue weighted by molar-refractivity contribution is 9.11. The highest BCUT2D eigenvalue weighted by Gasteiger charge is 2.12. The number of rotatable bonds is 3. The minimum absolute atomic E-state index is 0.0666. The zero-order valence-electron chi connectivity index (χ0n) is 8.70. The van der Waals surface area contributed by atoms with Gasteiger partial charge in [-0.25, -0.2) is 4.68 Å². The molecule has 1 heterocycles. The molecule has 0 fully saturated rings. The minimum Gasteiger partial charge on any atom is -0.292 e. The predicted molar refractivity (Wildman–Crippen MR) is 76.2 cm³/mol. The Labute approximate surface area is 130 Å². The van der Waals surface area contributed by atoms with Crippen LogP contribution in [0.2, 0.25) is 10.0 Å². The number of carbonyl (C=O) groups excluding carboxylic acids is 1. The van der Waals surface area contributed by atoms with Gasteiger partial charge in [-0.2, -0.15) is 4.98 Å². The number of hydrogen-bond donors (Lipinski definition) is 0. The summed E-state index contributed by atoms with van der Waals surface area (Å²) in [6, 6.07) is 4.74. The Morgan fingerprint density at radius 2 is 2.00 bits per heavy atom. The summed E-state index contributed by atoms with van der Waals surface area (Å²) in [6.45, 7) is 0.0666. The quantitative estimate of drug-likeness (QED) is 0.715. The molecule has 0 aliphatic rings. The largest absolute Gasteiger partial charge is 0.292 e. The van der Waals surface area contributed by atoms with Crippen LogP contribution in [0, 0.1) is 0 Å². The number of nitrogens with zero attached hydrogens (tertiary/aromatic N) is 3. The molecular weight excluding hydrogens is 409 g/mol.